The van der Waals surface area contributed by atoms with Crippen LogP contribution in [0.1, 0.15) is 16.8 Å². The zero-order valence-corrected chi connectivity index (χ0v) is 15.3. The van der Waals surface area contributed by atoms with Crippen molar-refractivity contribution >= 4 is 33.4 Å². The van der Waals surface area contributed by atoms with Crippen LogP contribution in [0.3, 0.4) is 0 Å². The monoisotopic (exact) mass is 370 g/mol. The van der Waals surface area contributed by atoms with Crippen LogP contribution in [0.4, 0.5) is 0 Å². The van der Waals surface area contributed by atoms with Crippen molar-refractivity contribution < 1.29 is 19.1 Å². The van der Waals surface area contributed by atoms with E-state index in [0.717, 1.165) is 16.0 Å². The number of para-hydroxylation sites is 1. The molecule has 0 fully saturated rings. The molecule has 0 spiro atoms. The van der Waals surface area contributed by atoms with E-state index in [1.54, 1.807) is 12.1 Å². The molecule has 0 N–H and O–H groups in total. The number of benzene rings is 2. The summed E-state index contributed by atoms with van der Waals surface area (Å²) in [6, 6.07) is 14.6. The lowest BCUT2D eigenvalue weighted by Crippen LogP contribution is -2.14. The largest absolute Gasteiger partial charge is 0.493 e. The number of methoxy groups -OCH3 is 1. The van der Waals surface area contributed by atoms with Gasteiger partial charge in [0, 0.05) is 7.05 Å². The summed E-state index contributed by atoms with van der Waals surface area (Å²) in [7, 11) is 3.18. The van der Waals surface area contributed by atoms with Crippen molar-refractivity contribution in [3.05, 3.63) is 58.9 Å². The summed E-state index contributed by atoms with van der Waals surface area (Å²) >= 11 is 1.35. The molecule has 0 atom stereocenters. The minimum absolute atomic E-state index is 0.191. The maximum absolute atomic E-state index is 12.1. The third-order valence-corrected chi connectivity index (χ3v) is 4.87. The number of aryl methyl sites for hydroxylation is 1. The molecular weight excluding hydrogens is 352 g/mol. The Morgan fingerprint density at radius 2 is 1.92 bits per heavy atom. The van der Waals surface area contributed by atoms with E-state index in [0.29, 0.717) is 10.4 Å². The highest BCUT2D eigenvalue weighted by molar-refractivity contribution is 7.16. The molecule has 6 nitrogen and oxygen atoms in total. The van der Waals surface area contributed by atoms with E-state index in [-0.39, 0.29) is 18.9 Å². The molecule has 134 valence electrons. The first-order chi connectivity index (χ1) is 12.6. The average Bonchev–Trinajstić information content (AvgIpc) is 2.97. The fourth-order valence-electron chi connectivity index (χ4n) is 2.42. The summed E-state index contributed by atoms with van der Waals surface area (Å²) in [5.74, 6) is 0.0786. The molecule has 0 saturated carbocycles. The first kappa shape index (κ1) is 17.9. The van der Waals surface area contributed by atoms with E-state index >= 15 is 0 Å². The molecule has 0 aliphatic heterocycles. The second kappa shape index (κ2) is 7.97. The van der Waals surface area contributed by atoms with Gasteiger partial charge in [0.2, 0.25) is 0 Å². The summed E-state index contributed by atoms with van der Waals surface area (Å²) < 4.78 is 13.0. The molecule has 2 aromatic carbocycles. The van der Waals surface area contributed by atoms with Gasteiger partial charge in [-0.05, 0) is 30.3 Å². The first-order valence-electron chi connectivity index (χ1n) is 8.02. The van der Waals surface area contributed by atoms with E-state index in [4.69, 9.17) is 9.47 Å². The number of rotatable bonds is 5. The molecule has 1 amide bonds. The van der Waals surface area contributed by atoms with Crippen molar-refractivity contribution in [1.82, 2.24) is 4.57 Å². The van der Waals surface area contributed by atoms with Crippen molar-refractivity contribution in [2.75, 3.05) is 13.7 Å². The number of carbonyl (C=O) groups excluding carboxylic acids is 2. The van der Waals surface area contributed by atoms with Gasteiger partial charge in [0.1, 0.15) is 5.75 Å². The molecule has 0 unspecified atom stereocenters. The molecule has 0 aliphatic rings. The highest BCUT2D eigenvalue weighted by Crippen LogP contribution is 2.19. The molecule has 7 heteroatoms. The van der Waals surface area contributed by atoms with E-state index in [9.17, 15) is 9.59 Å². The van der Waals surface area contributed by atoms with Crippen molar-refractivity contribution in [2.24, 2.45) is 12.0 Å². The van der Waals surface area contributed by atoms with E-state index in [1.165, 1.54) is 18.4 Å². The van der Waals surface area contributed by atoms with Crippen molar-refractivity contribution in [3.63, 3.8) is 0 Å². The van der Waals surface area contributed by atoms with Gasteiger partial charge in [-0.25, -0.2) is 4.79 Å². The summed E-state index contributed by atoms with van der Waals surface area (Å²) in [6.07, 6.45) is 0.191. The predicted octanol–water partition coefficient (Wildman–Crippen LogP) is 2.92. The Kier molecular flexibility index (Phi) is 5.48. The molecular formula is C19H18N2O4S. The second-order valence-corrected chi connectivity index (χ2v) is 6.54. The number of thiazole rings is 1. The number of hydrogen-bond acceptors (Lipinski definition) is 5. The SMILES string of the molecule is COC(=O)c1ccc2c(c1)sc(=NC(=O)CCOc1ccccc1)n2C. The maximum Gasteiger partial charge on any atom is 0.337 e. The smallest absolute Gasteiger partial charge is 0.337 e. The predicted molar refractivity (Wildman–Crippen MR) is 99.3 cm³/mol. The zero-order chi connectivity index (χ0) is 18.5. The molecule has 0 bridgehead atoms. The number of nitrogens with zero attached hydrogens (tertiary/aromatic N) is 2. The normalized spacial score (nSPS) is 11.5. The molecule has 0 aliphatic carbocycles. The third-order valence-electron chi connectivity index (χ3n) is 3.78. The van der Waals surface area contributed by atoms with Gasteiger partial charge in [-0.2, -0.15) is 4.99 Å². The number of carbonyl (C=O) groups is 2. The Hall–Kier alpha value is -2.93. The molecule has 1 heterocycles. The molecule has 3 rings (SSSR count). The Bertz CT molecular complexity index is 1010. The van der Waals surface area contributed by atoms with Crippen molar-refractivity contribution in [3.8, 4) is 5.75 Å². The lowest BCUT2D eigenvalue weighted by molar-refractivity contribution is -0.118. The lowest BCUT2D eigenvalue weighted by Gasteiger charge is -2.03. The van der Waals surface area contributed by atoms with Gasteiger partial charge in [-0.1, -0.05) is 29.5 Å². The highest BCUT2D eigenvalue weighted by atomic mass is 32.1. The van der Waals surface area contributed by atoms with Gasteiger partial charge in [0.05, 0.1) is 35.9 Å². The van der Waals surface area contributed by atoms with Gasteiger partial charge in [0.25, 0.3) is 5.91 Å². The van der Waals surface area contributed by atoms with Gasteiger partial charge < -0.3 is 14.0 Å². The molecule has 1 aromatic heterocycles. The number of ether oxygens (including phenoxy) is 2. The highest BCUT2D eigenvalue weighted by Gasteiger charge is 2.10. The Balaban J connectivity index is 1.75. The summed E-state index contributed by atoms with van der Waals surface area (Å²) in [6.45, 7) is 0.271. The van der Waals surface area contributed by atoms with Crippen LogP contribution in [0.25, 0.3) is 10.2 Å². The average molecular weight is 370 g/mol. The van der Waals surface area contributed by atoms with Crippen LogP contribution in [0.2, 0.25) is 0 Å². The minimum atomic E-state index is -0.393. The van der Waals surface area contributed by atoms with Gasteiger partial charge in [0.15, 0.2) is 4.80 Å². The number of hydrogen-bond donors (Lipinski definition) is 0. The zero-order valence-electron chi connectivity index (χ0n) is 14.5. The van der Waals surface area contributed by atoms with Crippen LogP contribution in [-0.2, 0) is 16.6 Å². The van der Waals surface area contributed by atoms with Crippen molar-refractivity contribution in [1.29, 1.82) is 0 Å². The van der Waals surface area contributed by atoms with Crippen LogP contribution < -0.4 is 9.54 Å². The number of esters is 1. The number of fused-ring (bicyclic) bond motifs is 1. The van der Waals surface area contributed by atoms with Crippen molar-refractivity contribution in [2.45, 2.75) is 6.42 Å². The van der Waals surface area contributed by atoms with Gasteiger partial charge >= 0.3 is 5.97 Å². The standard InChI is InChI=1S/C19H18N2O4S/c1-21-15-9-8-13(18(23)24-2)12-16(15)26-19(21)20-17(22)10-11-25-14-6-4-3-5-7-14/h3-9,12H,10-11H2,1-2H3. The quantitative estimate of drug-likeness (QED) is 0.648. The van der Waals surface area contributed by atoms with Crippen LogP contribution in [0.5, 0.6) is 5.75 Å². The fraction of sp³-hybridized carbons (Fsp3) is 0.211. The third kappa shape index (κ3) is 4.00. The molecule has 0 radical (unpaired) electrons. The van der Waals surface area contributed by atoms with Crippen LogP contribution in [-0.4, -0.2) is 30.2 Å². The van der Waals surface area contributed by atoms with E-state index in [1.807, 2.05) is 48.0 Å². The Morgan fingerprint density at radius 1 is 1.15 bits per heavy atom. The van der Waals surface area contributed by atoms with Crippen LogP contribution in [0, 0.1) is 0 Å². The van der Waals surface area contributed by atoms with Gasteiger partial charge in [-0.15, -0.1) is 0 Å². The lowest BCUT2D eigenvalue weighted by atomic mass is 10.2. The number of amides is 1. The van der Waals surface area contributed by atoms with E-state index in [2.05, 4.69) is 4.99 Å². The molecule has 26 heavy (non-hydrogen) atoms. The van der Waals surface area contributed by atoms with Crippen LogP contribution >= 0.6 is 11.3 Å². The van der Waals surface area contributed by atoms with Crippen LogP contribution in [0.15, 0.2) is 53.5 Å². The Morgan fingerprint density at radius 3 is 2.65 bits per heavy atom. The molecule has 3 aromatic rings. The second-order valence-electron chi connectivity index (χ2n) is 5.53. The minimum Gasteiger partial charge on any atom is -0.493 e. The van der Waals surface area contributed by atoms with Gasteiger partial charge in [-0.3, -0.25) is 4.79 Å². The maximum atomic E-state index is 12.1. The summed E-state index contributed by atoms with van der Waals surface area (Å²) in [5.41, 5.74) is 1.37. The van der Waals surface area contributed by atoms with E-state index < -0.39 is 5.97 Å². The number of aromatic nitrogens is 1. The molecule has 0 saturated heterocycles. The summed E-state index contributed by atoms with van der Waals surface area (Å²) in [5, 5.41) is 0. The fourth-order valence-corrected chi connectivity index (χ4v) is 3.50. The Labute approximate surface area is 154 Å². The topological polar surface area (TPSA) is 69.9 Å². The first-order valence-corrected chi connectivity index (χ1v) is 8.83. The summed E-state index contributed by atoms with van der Waals surface area (Å²) in [4.78, 5) is 28.5.